The average Bonchev–Trinajstić information content (AvgIpc) is 2.83. The van der Waals surface area contributed by atoms with Crippen molar-refractivity contribution in [1.29, 1.82) is 0 Å². The standard InChI is InChI=1S/C15H10Cl2INO/c16-10-5-9-6-13(20-15(9)12(17)7-10)14(19)8-1-3-11(18)4-2-8/h1-7,14H,19H2. The molecular weight excluding hydrogens is 408 g/mol. The fourth-order valence-corrected chi connectivity index (χ4v) is 2.99. The molecule has 3 aromatic rings. The van der Waals surface area contributed by atoms with Gasteiger partial charge >= 0.3 is 0 Å². The van der Waals surface area contributed by atoms with Crippen LogP contribution in [0.25, 0.3) is 11.0 Å². The molecule has 1 unspecified atom stereocenters. The highest BCUT2D eigenvalue weighted by atomic mass is 127. The van der Waals surface area contributed by atoms with E-state index in [1.54, 1.807) is 6.07 Å². The molecule has 2 nitrogen and oxygen atoms in total. The van der Waals surface area contributed by atoms with Gasteiger partial charge in [0.1, 0.15) is 5.76 Å². The van der Waals surface area contributed by atoms with Crippen LogP contribution in [0.15, 0.2) is 46.9 Å². The lowest BCUT2D eigenvalue weighted by molar-refractivity contribution is 0.525. The minimum Gasteiger partial charge on any atom is -0.457 e. The summed E-state index contributed by atoms with van der Waals surface area (Å²) in [6, 6.07) is 13.1. The van der Waals surface area contributed by atoms with E-state index in [0.717, 1.165) is 14.5 Å². The topological polar surface area (TPSA) is 39.2 Å². The maximum absolute atomic E-state index is 6.25. The Morgan fingerprint density at radius 1 is 1.05 bits per heavy atom. The highest BCUT2D eigenvalue weighted by Gasteiger charge is 2.16. The molecule has 0 amide bonds. The van der Waals surface area contributed by atoms with Gasteiger partial charge in [0.05, 0.1) is 11.1 Å². The van der Waals surface area contributed by atoms with Crippen LogP contribution < -0.4 is 5.73 Å². The Kier molecular flexibility index (Phi) is 3.95. The monoisotopic (exact) mass is 417 g/mol. The lowest BCUT2D eigenvalue weighted by Crippen LogP contribution is -2.10. The smallest absolute Gasteiger partial charge is 0.153 e. The molecule has 5 heteroatoms. The third kappa shape index (κ3) is 2.68. The quantitative estimate of drug-likeness (QED) is 0.567. The second kappa shape index (κ2) is 5.56. The van der Waals surface area contributed by atoms with E-state index in [-0.39, 0.29) is 6.04 Å². The van der Waals surface area contributed by atoms with E-state index in [1.165, 1.54) is 0 Å². The molecule has 0 saturated heterocycles. The van der Waals surface area contributed by atoms with E-state index in [0.29, 0.717) is 21.4 Å². The van der Waals surface area contributed by atoms with E-state index in [1.807, 2.05) is 36.4 Å². The molecular formula is C15H10Cl2INO. The molecule has 1 atom stereocenters. The Labute approximate surface area is 140 Å². The maximum Gasteiger partial charge on any atom is 0.153 e. The van der Waals surface area contributed by atoms with E-state index >= 15 is 0 Å². The highest BCUT2D eigenvalue weighted by Crippen LogP contribution is 2.33. The van der Waals surface area contributed by atoms with E-state index in [2.05, 4.69) is 22.6 Å². The van der Waals surface area contributed by atoms with Crippen LogP contribution in [0, 0.1) is 3.57 Å². The first-order valence-electron chi connectivity index (χ1n) is 5.94. The number of rotatable bonds is 2. The van der Waals surface area contributed by atoms with Crippen molar-refractivity contribution in [1.82, 2.24) is 0 Å². The molecule has 1 heterocycles. The number of hydrogen-bond acceptors (Lipinski definition) is 2. The van der Waals surface area contributed by atoms with Gasteiger partial charge in [0.2, 0.25) is 0 Å². The maximum atomic E-state index is 6.25. The Bertz CT molecular complexity index is 767. The fourth-order valence-electron chi connectivity index (χ4n) is 2.08. The summed E-state index contributed by atoms with van der Waals surface area (Å²) < 4.78 is 6.95. The first-order chi connectivity index (χ1) is 9.54. The number of furan rings is 1. The molecule has 102 valence electrons. The zero-order valence-corrected chi connectivity index (χ0v) is 13.9. The molecule has 2 aromatic carbocycles. The summed E-state index contributed by atoms with van der Waals surface area (Å²) in [4.78, 5) is 0. The molecule has 0 saturated carbocycles. The van der Waals surface area contributed by atoms with Crippen molar-refractivity contribution < 1.29 is 4.42 Å². The summed E-state index contributed by atoms with van der Waals surface area (Å²) in [5, 5.41) is 1.93. The van der Waals surface area contributed by atoms with Gasteiger partial charge in [-0.3, -0.25) is 0 Å². The Morgan fingerprint density at radius 2 is 1.75 bits per heavy atom. The number of halogens is 3. The Morgan fingerprint density at radius 3 is 2.45 bits per heavy atom. The van der Waals surface area contributed by atoms with Gasteiger partial charge in [-0.1, -0.05) is 35.3 Å². The molecule has 20 heavy (non-hydrogen) atoms. The third-order valence-electron chi connectivity index (χ3n) is 3.09. The first kappa shape index (κ1) is 14.2. The predicted octanol–water partition coefficient (Wildman–Crippen LogP) is 5.39. The zero-order valence-electron chi connectivity index (χ0n) is 10.2. The second-order valence-corrected chi connectivity index (χ2v) is 6.57. The molecule has 0 spiro atoms. The van der Waals surface area contributed by atoms with Crippen LogP contribution in [0.1, 0.15) is 17.4 Å². The SMILES string of the molecule is NC(c1ccc(I)cc1)c1cc2cc(Cl)cc(Cl)c2o1. The lowest BCUT2D eigenvalue weighted by atomic mass is 10.1. The summed E-state index contributed by atoms with van der Waals surface area (Å²) in [7, 11) is 0. The number of benzene rings is 2. The molecule has 0 aliphatic heterocycles. The first-order valence-corrected chi connectivity index (χ1v) is 7.77. The van der Waals surface area contributed by atoms with E-state index in [4.69, 9.17) is 33.4 Å². The van der Waals surface area contributed by atoms with Crippen molar-refractivity contribution in [2.24, 2.45) is 5.73 Å². The van der Waals surface area contributed by atoms with Crippen molar-refractivity contribution in [3.05, 3.63) is 67.4 Å². The number of nitrogens with two attached hydrogens (primary N) is 1. The molecule has 3 rings (SSSR count). The molecule has 1 aromatic heterocycles. The largest absolute Gasteiger partial charge is 0.457 e. The van der Waals surface area contributed by atoms with Crippen molar-refractivity contribution in [2.75, 3.05) is 0 Å². The molecule has 0 aliphatic carbocycles. The summed E-state index contributed by atoms with van der Waals surface area (Å²) >= 11 is 14.4. The van der Waals surface area contributed by atoms with Gasteiger partial charge < -0.3 is 10.2 Å². The van der Waals surface area contributed by atoms with Gasteiger partial charge in [-0.2, -0.15) is 0 Å². The van der Waals surface area contributed by atoms with Gasteiger partial charge in [-0.05, 0) is 58.5 Å². The zero-order chi connectivity index (χ0) is 14.3. The summed E-state index contributed by atoms with van der Waals surface area (Å²) in [6.07, 6.45) is 0. The van der Waals surface area contributed by atoms with Crippen LogP contribution in [0.4, 0.5) is 0 Å². The average molecular weight is 418 g/mol. The van der Waals surface area contributed by atoms with Crippen LogP contribution in [0.3, 0.4) is 0 Å². The van der Waals surface area contributed by atoms with Crippen LogP contribution in [0.2, 0.25) is 10.0 Å². The summed E-state index contributed by atoms with van der Waals surface area (Å²) in [5.41, 5.74) is 7.86. The van der Waals surface area contributed by atoms with Crippen LogP contribution in [0.5, 0.6) is 0 Å². The minimum atomic E-state index is -0.325. The predicted molar refractivity (Wildman–Crippen MR) is 91.4 cm³/mol. The normalized spacial score (nSPS) is 12.8. The molecule has 0 radical (unpaired) electrons. The van der Waals surface area contributed by atoms with Crippen molar-refractivity contribution >= 4 is 56.8 Å². The fraction of sp³-hybridized carbons (Fsp3) is 0.0667. The van der Waals surface area contributed by atoms with E-state index < -0.39 is 0 Å². The molecule has 2 N–H and O–H groups in total. The van der Waals surface area contributed by atoms with Gasteiger partial charge in [0, 0.05) is 14.0 Å². The molecule has 0 aliphatic rings. The van der Waals surface area contributed by atoms with Gasteiger partial charge in [0.25, 0.3) is 0 Å². The molecule has 0 fully saturated rings. The van der Waals surface area contributed by atoms with Crippen molar-refractivity contribution in [2.45, 2.75) is 6.04 Å². The molecule has 0 bridgehead atoms. The Balaban J connectivity index is 2.05. The van der Waals surface area contributed by atoms with E-state index in [9.17, 15) is 0 Å². The van der Waals surface area contributed by atoms with Crippen LogP contribution >= 0.6 is 45.8 Å². The second-order valence-electron chi connectivity index (χ2n) is 4.48. The third-order valence-corrected chi connectivity index (χ3v) is 4.31. The van der Waals surface area contributed by atoms with Crippen LogP contribution in [-0.2, 0) is 0 Å². The minimum absolute atomic E-state index is 0.325. The Hall–Kier alpha value is -0.750. The lowest BCUT2D eigenvalue weighted by Gasteiger charge is -2.08. The summed E-state index contributed by atoms with van der Waals surface area (Å²) in [6.45, 7) is 0. The summed E-state index contributed by atoms with van der Waals surface area (Å²) in [5.74, 6) is 0.672. The van der Waals surface area contributed by atoms with Crippen LogP contribution in [-0.4, -0.2) is 0 Å². The highest BCUT2D eigenvalue weighted by molar-refractivity contribution is 14.1. The van der Waals surface area contributed by atoms with Crippen molar-refractivity contribution in [3.63, 3.8) is 0 Å². The van der Waals surface area contributed by atoms with Gasteiger partial charge in [-0.25, -0.2) is 0 Å². The van der Waals surface area contributed by atoms with Crippen molar-refractivity contribution in [3.8, 4) is 0 Å². The number of hydrogen-bond donors (Lipinski definition) is 1. The van der Waals surface area contributed by atoms with Gasteiger partial charge in [-0.15, -0.1) is 0 Å². The van der Waals surface area contributed by atoms with Gasteiger partial charge in [0.15, 0.2) is 5.58 Å². The number of fused-ring (bicyclic) bond motifs is 1.